The molecule has 0 saturated carbocycles. The Morgan fingerprint density at radius 2 is 1.73 bits per heavy atom. The van der Waals surface area contributed by atoms with Gasteiger partial charge in [0.1, 0.15) is 18.1 Å². The molecule has 0 aliphatic heterocycles. The fourth-order valence-corrected chi connectivity index (χ4v) is 4.47. The molecular formula is C25H40O4Si-. The molecule has 169 valence electrons. The van der Waals surface area contributed by atoms with Crippen LogP contribution in [0.4, 0.5) is 0 Å². The lowest BCUT2D eigenvalue weighted by molar-refractivity contribution is 0.0549. The first-order valence-corrected chi connectivity index (χ1v) is 14.6. The highest BCUT2D eigenvalue weighted by Gasteiger charge is 2.07. The highest BCUT2D eigenvalue weighted by atomic mass is 28.3. The Morgan fingerprint density at radius 1 is 1.03 bits per heavy atom. The molecule has 0 unspecified atom stereocenters. The number of carbonyl (C=O) groups excluding carboxylic acids is 1. The Morgan fingerprint density at radius 3 is 2.37 bits per heavy atom. The van der Waals surface area contributed by atoms with Gasteiger partial charge in [0.15, 0.2) is 0 Å². The number of benzene rings is 1. The van der Waals surface area contributed by atoms with Crippen LogP contribution in [0.3, 0.4) is 0 Å². The van der Waals surface area contributed by atoms with Gasteiger partial charge in [-0.05, 0) is 55.3 Å². The van der Waals surface area contributed by atoms with Crippen LogP contribution in [0.1, 0.15) is 56.3 Å². The average molecular weight is 433 g/mol. The lowest BCUT2D eigenvalue weighted by Gasteiger charge is -2.31. The third kappa shape index (κ3) is 11.2. The Kier molecular flexibility index (Phi) is 12.9. The molecule has 0 spiro atoms. The number of unbranched alkanes of at least 4 members (excludes halogenated alkanes) is 3. The largest absolute Gasteiger partial charge is 0.497 e. The predicted octanol–water partition coefficient (Wildman–Crippen LogP) is 7.01. The van der Waals surface area contributed by atoms with Gasteiger partial charge in [0.05, 0.1) is 19.3 Å². The molecular weight excluding hydrogens is 392 g/mol. The van der Waals surface area contributed by atoms with Crippen LogP contribution in [0.25, 0.3) is 0 Å². The molecule has 0 radical (unpaired) electrons. The molecule has 1 aromatic rings. The van der Waals surface area contributed by atoms with Crippen molar-refractivity contribution in [2.45, 2.75) is 71.1 Å². The summed E-state index contributed by atoms with van der Waals surface area (Å²) in [6.45, 7) is 10.3. The zero-order valence-electron chi connectivity index (χ0n) is 19.5. The number of hydrogen-bond donors (Lipinski definition) is 0. The second kappa shape index (κ2) is 14.9. The van der Waals surface area contributed by atoms with Crippen molar-refractivity contribution in [1.29, 1.82) is 0 Å². The second-order valence-electron chi connectivity index (χ2n) is 8.27. The summed E-state index contributed by atoms with van der Waals surface area (Å²) in [6.07, 6.45) is 11.3. The summed E-state index contributed by atoms with van der Waals surface area (Å²) in [5, 5.41) is 0. The van der Waals surface area contributed by atoms with Gasteiger partial charge >= 0.3 is 5.97 Å². The number of ether oxygens (including phenoxy) is 3. The van der Waals surface area contributed by atoms with Crippen molar-refractivity contribution in [3.05, 3.63) is 53.8 Å². The molecule has 0 amide bonds. The van der Waals surface area contributed by atoms with Crippen molar-refractivity contribution >= 4 is 14.0 Å². The summed E-state index contributed by atoms with van der Waals surface area (Å²) in [5.41, 5.74) is 0.523. The van der Waals surface area contributed by atoms with E-state index in [1.807, 2.05) is 25.1 Å². The number of methoxy groups -OCH3 is 1. The molecule has 1 rings (SSSR count). The molecule has 0 N–H and O–H groups in total. The minimum atomic E-state index is -0.915. The van der Waals surface area contributed by atoms with Crippen molar-refractivity contribution in [3.8, 4) is 5.75 Å². The molecule has 0 fully saturated rings. The summed E-state index contributed by atoms with van der Waals surface area (Å²) in [5.74, 6) is 1.21. The van der Waals surface area contributed by atoms with Crippen LogP contribution in [0.5, 0.6) is 5.75 Å². The number of esters is 1. The normalized spacial score (nSPS) is 12.2. The van der Waals surface area contributed by atoms with Crippen LogP contribution in [0, 0.1) is 0 Å². The quantitative estimate of drug-likeness (QED) is 0.0983. The van der Waals surface area contributed by atoms with E-state index in [2.05, 4.69) is 20.0 Å². The van der Waals surface area contributed by atoms with Crippen LogP contribution in [0.15, 0.2) is 48.3 Å². The van der Waals surface area contributed by atoms with E-state index in [1.54, 1.807) is 31.4 Å². The van der Waals surface area contributed by atoms with Gasteiger partial charge in [-0.25, -0.2) is 4.79 Å². The van der Waals surface area contributed by atoms with Gasteiger partial charge in [-0.2, -0.15) is 25.2 Å². The Hall–Kier alpha value is -2.01. The number of allylic oxidation sites excluding steroid dienone is 2. The first-order chi connectivity index (χ1) is 14.4. The van der Waals surface area contributed by atoms with Crippen LogP contribution in [0.2, 0.25) is 25.2 Å². The van der Waals surface area contributed by atoms with Crippen molar-refractivity contribution in [2.75, 3.05) is 20.3 Å². The summed E-state index contributed by atoms with van der Waals surface area (Å²) >= 11 is 0. The van der Waals surface area contributed by atoms with E-state index in [4.69, 9.17) is 14.2 Å². The highest BCUT2D eigenvalue weighted by molar-refractivity contribution is 6.77. The summed E-state index contributed by atoms with van der Waals surface area (Å²) in [7, 11) is 0.707. The van der Waals surface area contributed by atoms with Gasteiger partial charge in [0, 0.05) is 0 Å². The fraction of sp³-hybridized carbons (Fsp3) is 0.560. The van der Waals surface area contributed by atoms with Crippen LogP contribution in [-0.4, -0.2) is 34.4 Å². The molecule has 0 atom stereocenters. The average Bonchev–Trinajstić information content (AvgIpc) is 2.75. The van der Waals surface area contributed by atoms with E-state index in [-0.39, 0.29) is 12.6 Å². The van der Waals surface area contributed by atoms with E-state index in [0.29, 0.717) is 5.56 Å². The van der Waals surface area contributed by atoms with Gasteiger partial charge in [-0.3, -0.25) is 0 Å². The highest BCUT2D eigenvalue weighted by Crippen LogP contribution is 2.19. The number of carbonyl (C=O) groups is 1. The number of hydrogen-bond acceptors (Lipinski definition) is 4. The smallest absolute Gasteiger partial charge is 0.338 e. The van der Waals surface area contributed by atoms with Crippen LogP contribution < -0.4 is 4.74 Å². The lowest BCUT2D eigenvalue weighted by atomic mass is 10.2. The topological polar surface area (TPSA) is 44.8 Å². The summed E-state index contributed by atoms with van der Waals surface area (Å²) in [6, 6.07) is 9.96. The van der Waals surface area contributed by atoms with E-state index in [1.165, 1.54) is 31.4 Å². The third-order valence-electron chi connectivity index (χ3n) is 5.30. The van der Waals surface area contributed by atoms with Crippen molar-refractivity contribution in [2.24, 2.45) is 0 Å². The number of rotatable bonds is 15. The molecule has 1 aromatic carbocycles. The molecule has 0 aliphatic carbocycles. The fourth-order valence-electron chi connectivity index (χ4n) is 2.91. The van der Waals surface area contributed by atoms with Crippen molar-refractivity contribution in [1.82, 2.24) is 0 Å². The summed E-state index contributed by atoms with van der Waals surface area (Å²) < 4.78 is 16.3. The van der Waals surface area contributed by atoms with E-state index < -0.39 is 8.07 Å². The minimum absolute atomic E-state index is 0.208. The first kappa shape index (κ1) is 26.0. The second-order valence-corrected chi connectivity index (χ2v) is 13.8. The predicted molar refractivity (Wildman–Crippen MR) is 128 cm³/mol. The van der Waals surface area contributed by atoms with Gasteiger partial charge in [0.25, 0.3) is 0 Å². The monoisotopic (exact) mass is 432 g/mol. The summed E-state index contributed by atoms with van der Waals surface area (Å²) in [4.78, 5) is 12.1. The van der Waals surface area contributed by atoms with Gasteiger partial charge in [-0.15, -0.1) is 8.07 Å². The van der Waals surface area contributed by atoms with Crippen molar-refractivity contribution in [3.63, 3.8) is 0 Å². The van der Waals surface area contributed by atoms with E-state index in [0.717, 1.165) is 31.0 Å². The van der Waals surface area contributed by atoms with E-state index >= 15 is 0 Å². The Labute approximate surface area is 184 Å². The van der Waals surface area contributed by atoms with Gasteiger partial charge < -0.3 is 14.2 Å². The molecule has 5 heteroatoms. The third-order valence-corrected chi connectivity index (χ3v) is 8.92. The molecule has 4 nitrogen and oxygen atoms in total. The first-order valence-electron chi connectivity index (χ1n) is 11.2. The molecule has 0 heterocycles. The molecule has 30 heavy (non-hydrogen) atoms. The maximum Gasteiger partial charge on any atom is 0.338 e. The molecule has 0 aromatic heterocycles. The van der Waals surface area contributed by atoms with E-state index in [9.17, 15) is 4.79 Å². The van der Waals surface area contributed by atoms with Crippen molar-refractivity contribution < 1.29 is 19.0 Å². The molecule has 0 saturated heterocycles. The SMILES string of the molecule is CC/C=C(\C=C/COC(=O)c1ccc(OCCCCCC[Si-](C)(C)CC)cc1)OC. The van der Waals surface area contributed by atoms with Crippen LogP contribution >= 0.6 is 0 Å². The Balaban J connectivity index is 2.25. The zero-order valence-corrected chi connectivity index (χ0v) is 20.5. The maximum atomic E-state index is 12.1. The molecule has 0 aliphatic rings. The minimum Gasteiger partial charge on any atom is -0.497 e. The van der Waals surface area contributed by atoms with Gasteiger partial charge in [0.2, 0.25) is 0 Å². The zero-order chi connectivity index (χ0) is 22.2. The van der Waals surface area contributed by atoms with Crippen LogP contribution in [-0.2, 0) is 9.47 Å². The lowest BCUT2D eigenvalue weighted by Crippen LogP contribution is -2.22. The van der Waals surface area contributed by atoms with Gasteiger partial charge in [-0.1, -0.05) is 33.1 Å². The standard InChI is InChI=1S/C25H40O4Si/c1-6-13-23(27-3)14-12-20-29-25(26)22-15-17-24(18-16-22)28-19-10-8-9-11-21-30(4,5)7-2/h12-18H,6-11,19-21H2,1-5H3/q-1/b14-12-,23-13+. The Bertz CT molecular complexity index is 662. The maximum absolute atomic E-state index is 12.1. The molecule has 0 bridgehead atoms.